The third-order valence-corrected chi connectivity index (χ3v) is 4.86. The van der Waals surface area contributed by atoms with Crippen LogP contribution in [0.25, 0.3) is 22.6 Å². The first-order valence-electron chi connectivity index (χ1n) is 9.79. The average molecular weight is 417 g/mol. The molecule has 2 aromatic carbocycles. The molecule has 31 heavy (non-hydrogen) atoms. The van der Waals surface area contributed by atoms with E-state index in [4.69, 9.17) is 10.4 Å². The largest absolute Gasteiger partial charge is 0.379 e. The number of hydrazone groups is 1. The van der Waals surface area contributed by atoms with Crippen LogP contribution in [0.1, 0.15) is 31.9 Å². The van der Waals surface area contributed by atoms with Crippen LogP contribution in [-0.2, 0) is 16.8 Å². The van der Waals surface area contributed by atoms with E-state index in [0.717, 1.165) is 11.1 Å². The minimum absolute atomic E-state index is 0.0253. The summed E-state index contributed by atoms with van der Waals surface area (Å²) in [5.41, 5.74) is 12.3. The maximum Gasteiger partial charge on any atom is 0.260 e. The zero-order valence-electron chi connectivity index (χ0n) is 17.5. The van der Waals surface area contributed by atoms with Gasteiger partial charge in [0.2, 0.25) is 0 Å². The van der Waals surface area contributed by atoms with Gasteiger partial charge in [-0.15, -0.1) is 0 Å². The quantitative estimate of drug-likeness (QED) is 0.380. The molecule has 0 saturated heterocycles. The summed E-state index contributed by atoms with van der Waals surface area (Å²) in [6, 6.07) is 15.5. The van der Waals surface area contributed by atoms with Crippen molar-refractivity contribution >= 4 is 29.0 Å². The van der Waals surface area contributed by atoms with Crippen LogP contribution in [0.4, 0.5) is 5.82 Å². The summed E-state index contributed by atoms with van der Waals surface area (Å²) in [6.45, 7) is 6.45. The third-order valence-electron chi connectivity index (χ3n) is 4.86. The molecule has 0 saturated carbocycles. The Hall–Kier alpha value is -4.01. The van der Waals surface area contributed by atoms with E-state index in [1.807, 2.05) is 36.4 Å². The van der Waals surface area contributed by atoms with Gasteiger partial charge in [-0.25, -0.2) is 15.0 Å². The van der Waals surface area contributed by atoms with Crippen molar-refractivity contribution in [3.8, 4) is 11.5 Å². The lowest BCUT2D eigenvalue weighted by atomic mass is 9.87. The van der Waals surface area contributed by atoms with Crippen molar-refractivity contribution in [2.45, 2.75) is 32.7 Å². The van der Waals surface area contributed by atoms with E-state index in [-0.39, 0.29) is 29.4 Å². The number of hydrogen-bond acceptors (Lipinski definition) is 7. The van der Waals surface area contributed by atoms with Crippen molar-refractivity contribution in [2.24, 2.45) is 5.10 Å². The lowest BCUT2D eigenvalue weighted by Gasteiger charge is -2.18. The summed E-state index contributed by atoms with van der Waals surface area (Å²) in [4.78, 5) is 17.1. The van der Waals surface area contributed by atoms with E-state index in [1.54, 1.807) is 10.8 Å². The van der Waals surface area contributed by atoms with E-state index < -0.39 is 0 Å². The highest BCUT2D eigenvalue weighted by molar-refractivity contribution is 5.86. The maximum absolute atomic E-state index is 12.6. The monoisotopic (exact) mass is 417 g/mol. The number of hydrogen-bond donors (Lipinski definition) is 2. The Kier molecular flexibility index (Phi) is 5.24. The van der Waals surface area contributed by atoms with Crippen LogP contribution in [0.3, 0.4) is 0 Å². The molecule has 1 amide bonds. The Morgan fingerprint density at radius 3 is 2.58 bits per heavy atom. The number of benzene rings is 2. The van der Waals surface area contributed by atoms with Crippen molar-refractivity contribution in [3.63, 3.8) is 0 Å². The van der Waals surface area contributed by atoms with Gasteiger partial charge >= 0.3 is 0 Å². The summed E-state index contributed by atoms with van der Waals surface area (Å²) in [5, 5.41) is 11.5. The first-order valence-corrected chi connectivity index (χ1v) is 9.79. The molecule has 9 nitrogen and oxygen atoms in total. The second-order valence-corrected chi connectivity index (χ2v) is 8.17. The average Bonchev–Trinajstić information content (AvgIpc) is 3.31. The maximum atomic E-state index is 12.6. The third kappa shape index (κ3) is 4.30. The molecule has 0 spiro atoms. The van der Waals surface area contributed by atoms with Crippen LogP contribution >= 0.6 is 0 Å². The number of fused-ring (bicyclic) bond motifs is 1. The molecule has 0 radical (unpaired) electrons. The second kappa shape index (κ2) is 8.02. The standard InChI is InChI=1S/C22H23N7O2/c1-22(2,3)15-10-8-14(9-11-15)12-24-26-18(30)13-29-17-7-5-4-6-16(17)25-21(29)19-20(23)28-31-27-19/h4-12H,13H2,1-3H3,(H2,23,28)(H,26,30)/b24-12-. The molecule has 4 aromatic rings. The molecular formula is C22H23N7O2. The van der Waals surface area contributed by atoms with E-state index >= 15 is 0 Å². The number of nitrogens with one attached hydrogen (secondary N) is 1. The lowest BCUT2D eigenvalue weighted by Crippen LogP contribution is -2.23. The number of aromatic nitrogens is 4. The van der Waals surface area contributed by atoms with Gasteiger partial charge in [-0.3, -0.25) is 4.79 Å². The molecule has 4 rings (SSSR count). The Balaban J connectivity index is 1.51. The van der Waals surface area contributed by atoms with Gasteiger partial charge in [0.15, 0.2) is 17.3 Å². The number of amides is 1. The predicted octanol–water partition coefficient (Wildman–Crippen LogP) is 3.12. The molecule has 0 aliphatic heterocycles. The highest BCUT2D eigenvalue weighted by Gasteiger charge is 2.20. The van der Waals surface area contributed by atoms with E-state index in [0.29, 0.717) is 11.3 Å². The topological polar surface area (TPSA) is 124 Å². The van der Waals surface area contributed by atoms with Crippen molar-refractivity contribution in [3.05, 3.63) is 59.7 Å². The van der Waals surface area contributed by atoms with Gasteiger partial charge in [0.1, 0.15) is 6.54 Å². The number of imidazole rings is 1. The van der Waals surface area contributed by atoms with Crippen LogP contribution in [0.5, 0.6) is 0 Å². The number of nitrogen functional groups attached to an aromatic ring is 1. The Morgan fingerprint density at radius 1 is 1.16 bits per heavy atom. The molecule has 0 unspecified atom stereocenters. The summed E-state index contributed by atoms with van der Waals surface area (Å²) in [7, 11) is 0. The van der Waals surface area contributed by atoms with Gasteiger partial charge < -0.3 is 10.3 Å². The molecule has 0 aliphatic rings. The highest BCUT2D eigenvalue weighted by Crippen LogP contribution is 2.26. The zero-order chi connectivity index (χ0) is 22.0. The number of nitrogens with two attached hydrogens (primary N) is 1. The zero-order valence-corrected chi connectivity index (χ0v) is 17.5. The fourth-order valence-corrected chi connectivity index (χ4v) is 3.19. The SMILES string of the molecule is CC(C)(C)c1ccc(/C=N\NC(=O)Cn2c(-c3nonc3N)nc3ccccc32)cc1. The number of carbonyl (C=O) groups excluding carboxylic acids is 1. The summed E-state index contributed by atoms with van der Waals surface area (Å²) >= 11 is 0. The number of rotatable bonds is 5. The number of anilines is 1. The fourth-order valence-electron chi connectivity index (χ4n) is 3.19. The molecule has 2 heterocycles. The molecule has 9 heteroatoms. The first kappa shape index (κ1) is 20.3. The Bertz CT molecular complexity index is 1250. The normalized spacial score (nSPS) is 12.0. The molecule has 0 atom stereocenters. The molecule has 3 N–H and O–H groups in total. The summed E-state index contributed by atoms with van der Waals surface area (Å²) in [6.07, 6.45) is 1.61. The van der Waals surface area contributed by atoms with Gasteiger partial charge in [-0.2, -0.15) is 5.10 Å². The molecule has 2 aromatic heterocycles. The fraction of sp³-hybridized carbons (Fsp3) is 0.227. The van der Waals surface area contributed by atoms with Crippen molar-refractivity contribution in [1.82, 2.24) is 25.3 Å². The Morgan fingerprint density at radius 2 is 1.90 bits per heavy atom. The van der Waals surface area contributed by atoms with Crippen molar-refractivity contribution in [2.75, 3.05) is 5.73 Å². The minimum atomic E-state index is -0.318. The van der Waals surface area contributed by atoms with E-state index in [1.165, 1.54) is 5.56 Å². The minimum Gasteiger partial charge on any atom is -0.379 e. The Labute approximate surface area is 178 Å². The smallest absolute Gasteiger partial charge is 0.260 e. The van der Waals surface area contributed by atoms with Crippen LogP contribution in [0, 0.1) is 0 Å². The van der Waals surface area contributed by atoms with Gasteiger partial charge in [0, 0.05) is 0 Å². The number of nitrogens with zero attached hydrogens (tertiary/aromatic N) is 5. The predicted molar refractivity (Wildman–Crippen MR) is 118 cm³/mol. The van der Waals surface area contributed by atoms with Crippen molar-refractivity contribution in [1.29, 1.82) is 0 Å². The second-order valence-electron chi connectivity index (χ2n) is 8.17. The number of para-hydroxylation sites is 2. The summed E-state index contributed by atoms with van der Waals surface area (Å²) < 4.78 is 6.40. The van der Waals surface area contributed by atoms with Gasteiger partial charge in [-0.1, -0.05) is 57.2 Å². The van der Waals surface area contributed by atoms with Crippen molar-refractivity contribution < 1.29 is 9.42 Å². The van der Waals surface area contributed by atoms with E-state index in [9.17, 15) is 4.79 Å². The number of carbonyl (C=O) groups is 1. The highest BCUT2D eigenvalue weighted by atomic mass is 16.6. The van der Waals surface area contributed by atoms with Gasteiger partial charge in [0.25, 0.3) is 5.91 Å². The van der Waals surface area contributed by atoms with Gasteiger partial charge in [0.05, 0.1) is 17.2 Å². The molecule has 0 fully saturated rings. The molecular weight excluding hydrogens is 394 g/mol. The first-order chi connectivity index (χ1) is 14.8. The van der Waals surface area contributed by atoms with E-state index in [2.05, 4.69) is 58.7 Å². The van der Waals surface area contributed by atoms with Crippen LogP contribution in [-0.4, -0.2) is 32.0 Å². The van der Waals surface area contributed by atoms with Crippen LogP contribution < -0.4 is 11.2 Å². The molecule has 0 aliphatic carbocycles. The van der Waals surface area contributed by atoms with Crippen LogP contribution in [0.15, 0.2) is 58.3 Å². The molecule has 0 bridgehead atoms. The van der Waals surface area contributed by atoms with Crippen LogP contribution in [0.2, 0.25) is 0 Å². The molecule has 158 valence electrons. The summed E-state index contributed by atoms with van der Waals surface area (Å²) in [5.74, 6) is 0.188. The van der Waals surface area contributed by atoms with Gasteiger partial charge in [-0.05, 0) is 39.0 Å². The lowest BCUT2D eigenvalue weighted by molar-refractivity contribution is -0.121.